The fraction of sp³-hybridized carbons (Fsp3) is 0.417. The fourth-order valence-corrected chi connectivity index (χ4v) is 0.847. The number of aliphatic hydroxyl groups excluding tert-OH is 2. The third-order valence-corrected chi connectivity index (χ3v) is 1.67. The van der Waals surface area contributed by atoms with Crippen molar-refractivity contribution >= 4 is 5.97 Å². The van der Waals surface area contributed by atoms with Crippen molar-refractivity contribution in [3.05, 3.63) is 35.9 Å². The van der Waals surface area contributed by atoms with Crippen LogP contribution in [0.3, 0.4) is 0 Å². The average molecular weight is 226 g/mol. The summed E-state index contributed by atoms with van der Waals surface area (Å²) in [5.74, 6) is -0.778. The van der Waals surface area contributed by atoms with Crippen LogP contribution in [0.25, 0.3) is 0 Å². The Morgan fingerprint density at radius 3 is 2.25 bits per heavy atom. The summed E-state index contributed by atoms with van der Waals surface area (Å²) < 4.78 is 4.35. The van der Waals surface area contributed by atoms with Crippen molar-refractivity contribution in [2.75, 3.05) is 13.2 Å². The van der Waals surface area contributed by atoms with Crippen LogP contribution in [0, 0.1) is 6.92 Å². The van der Waals surface area contributed by atoms with E-state index in [1.54, 1.807) is 6.92 Å². The molecule has 1 unspecified atom stereocenters. The van der Waals surface area contributed by atoms with Crippen LogP contribution in [0.15, 0.2) is 30.3 Å². The predicted molar refractivity (Wildman–Crippen MR) is 60.9 cm³/mol. The summed E-state index contributed by atoms with van der Waals surface area (Å²) in [6.07, 6.45) is -1.38. The molecule has 0 saturated carbocycles. The number of carbonyl (C=O) groups excluding carboxylic acids is 1. The summed E-state index contributed by atoms with van der Waals surface area (Å²) in [4.78, 5) is 10.3. The van der Waals surface area contributed by atoms with Gasteiger partial charge in [0.05, 0.1) is 13.2 Å². The molecule has 1 rings (SSSR count). The topological polar surface area (TPSA) is 66.8 Å². The van der Waals surface area contributed by atoms with E-state index in [0.717, 1.165) is 0 Å². The van der Waals surface area contributed by atoms with Crippen molar-refractivity contribution in [3.63, 3.8) is 0 Å². The number of hydrogen-bond donors (Lipinski definition) is 2. The molecule has 0 aromatic heterocycles. The van der Waals surface area contributed by atoms with E-state index < -0.39 is 18.7 Å². The lowest BCUT2D eigenvalue weighted by Crippen LogP contribution is -2.26. The van der Waals surface area contributed by atoms with E-state index in [1.807, 2.05) is 18.2 Å². The van der Waals surface area contributed by atoms with Gasteiger partial charge in [0.25, 0.3) is 0 Å². The van der Waals surface area contributed by atoms with Gasteiger partial charge in [0.2, 0.25) is 0 Å². The first-order valence-corrected chi connectivity index (χ1v) is 5.09. The number of esters is 1. The summed E-state index contributed by atoms with van der Waals surface area (Å²) in [6.45, 7) is 3.34. The molecule has 0 bridgehead atoms. The van der Waals surface area contributed by atoms with Gasteiger partial charge in [-0.3, -0.25) is 0 Å². The lowest BCUT2D eigenvalue weighted by atomic mass is 10.2. The van der Waals surface area contributed by atoms with E-state index >= 15 is 0 Å². The molecular weight excluding hydrogens is 208 g/mol. The lowest BCUT2D eigenvalue weighted by molar-refractivity contribution is -0.154. The Bertz CT molecular complexity index is 284. The van der Waals surface area contributed by atoms with E-state index in [2.05, 4.69) is 23.8 Å². The van der Waals surface area contributed by atoms with E-state index in [0.29, 0.717) is 0 Å². The minimum atomic E-state index is -1.38. The maximum atomic E-state index is 10.3. The van der Waals surface area contributed by atoms with E-state index in [4.69, 9.17) is 10.2 Å². The first kappa shape index (κ1) is 14.6. The monoisotopic (exact) mass is 226 g/mol. The van der Waals surface area contributed by atoms with Gasteiger partial charge < -0.3 is 14.9 Å². The molecule has 16 heavy (non-hydrogen) atoms. The Kier molecular flexibility index (Phi) is 8.11. The van der Waals surface area contributed by atoms with E-state index in [-0.39, 0.29) is 6.61 Å². The van der Waals surface area contributed by atoms with Crippen LogP contribution in [0.5, 0.6) is 0 Å². The lowest BCUT2D eigenvalue weighted by Gasteiger charge is -2.04. The average Bonchev–Trinajstić information content (AvgIpc) is 2.30. The quantitative estimate of drug-likeness (QED) is 0.751. The number of benzene rings is 1. The maximum absolute atomic E-state index is 10.3. The molecule has 0 heterocycles. The summed E-state index contributed by atoms with van der Waals surface area (Å²) in [5.41, 5.74) is 1.32. The Labute approximate surface area is 95.5 Å². The van der Waals surface area contributed by atoms with Crippen molar-refractivity contribution in [3.8, 4) is 0 Å². The minimum Gasteiger partial charge on any atom is -0.464 e. The van der Waals surface area contributed by atoms with Gasteiger partial charge in [0.15, 0.2) is 6.10 Å². The molecule has 2 N–H and O–H groups in total. The third kappa shape index (κ3) is 6.98. The van der Waals surface area contributed by atoms with Gasteiger partial charge in [0.1, 0.15) is 0 Å². The van der Waals surface area contributed by atoms with Gasteiger partial charge in [-0.15, -0.1) is 0 Å². The smallest absolute Gasteiger partial charge is 0.337 e. The maximum Gasteiger partial charge on any atom is 0.337 e. The van der Waals surface area contributed by atoms with Gasteiger partial charge in [-0.25, -0.2) is 4.79 Å². The second kappa shape index (κ2) is 8.88. The number of aliphatic hydroxyl groups is 2. The summed E-state index contributed by atoms with van der Waals surface area (Å²) in [5, 5.41) is 16.7. The molecule has 0 spiro atoms. The van der Waals surface area contributed by atoms with Crippen molar-refractivity contribution < 1.29 is 19.7 Å². The second-order valence-electron chi connectivity index (χ2n) is 3.11. The molecule has 4 nitrogen and oxygen atoms in total. The minimum absolute atomic E-state index is 0.218. The SMILES string of the molecule is CCOC(=O)C(O)CO.Cc1ccccc1. The molecule has 0 aliphatic carbocycles. The molecule has 1 aromatic rings. The molecule has 1 aromatic carbocycles. The van der Waals surface area contributed by atoms with Crippen LogP contribution in [-0.4, -0.2) is 35.5 Å². The van der Waals surface area contributed by atoms with Gasteiger partial charge >= 0.3 is 5.97 Å². The van der Waals surface area contributed by atoms with Crippen LogP contribution in [-0.2, 0) is 9.53 Å². The molecular formula is C12H18O4. The normalized spacial score (nSPS) is 11.0. The summed E-state index contributed by atoms with van der Waals surface area (Å²) >= 11 is 0. The number of rotatable bonds is 3. The molecule has 0 aliphatic heterocycles. The molecule has 0 saturated heterocycles. The molecule has 4 heteroatoms. The first-order valence-electron chi connectivity index (χ1n) is 5.09. The van der Waals surface area contributed by atoms with Crippen molar-refractivity contribution in [2.24, 2.45) is 0 Å². The number of ether oxygens (including phenoxy) is 1. The number of hydrogen-bond acceptors (Lipinski definition) is 4. The summed E-state index contributed by atoms with van der Waals surface area (Å²) in [6, 6.07) is 10.3. The molecule has 0 aliphatic rings. The fourth-order valence-electron chi connectivity index (χ4n) is 0.847. The Balaban J connectivity index is 0.000000288. The highest BCUT2D eigenvalue weighted by molar-refractivity contribution is 5.74. The largest absolute Gasteiger partial charge is 0.464 e. The van der Waals surface area contributed by atoms with Crippen molar-refractivity contribution in [1.82, 2.24) is 0 Å². The van der Waals surface area contributed by atoms with Crippen LogP contribution in [0.2, 0.25) is 0 Å². The van der Waals surface area contributed by atoms with Crippen LogP contribution < -0.4 is 0 Å². The molecule has 0 radical (unpaired) electrons. The zero-order chi connectivity index (χ0) is 12.4. The van der Waals surface area contributed by atoms with Crippen molar-refractivity contribution in [1.29, 1.82) is 0 Å². The van der Waals surface area contributed by atoms with Gasteiger partial charge in [-0.05, 0) is 13.8 Å². The zero-order valence-electron chi connectivity index (χ0n) is 9.59. The van der Waals surface area contributed by atoms with Gasteiger partial charge in [-0.1, -0.05) is 35.9 Å². The first-order chi connectivity index (χ1) is 7.61. The highest BCUT2D eigenvalue weighted by atomic mass is 16.5. The van der Waals surface area contributed by atoms with Gasteiger partial charge in [-0.2, -0.15) is 0 Å². The zero-order valence-corrected chi connectivity index (χ0v) is 9.59. The van der Waals surface area contributed by atoms with Crippen LogP contribution in [0.1, 0.15) is 12.5 Å². The second-order valence-corrected chi connectivity index (χ2v) is 3.11. The highest BCUT2D eigenvalue weighted by Crippen LogP contribution is 1.92. The molecule has 90 valence electrons. The predicted octanol–water partition coefficient (Wildman–Crippen LogP) is 0.898. The molecule has 0 fully saturated rings. The molecule has 1 atom stereocenters. The van der Waals surface area contributed by atoms with Crippen molar-refractivity contribution in [2.45, 2.75) is 20.0 Å². The third-order valence-electron chi connectivity index (χ3n) is 1.67. The Hall–Kier alpha value is -1.39. The van der Waals surface area contributed by atoms with Crippen LogP contribution in [0.4, 0.5) is 0 Å². The Morgan fingerprint density at radius 2 is 1.94 bits per heavy atom. The Morgan fingerprint density at radius 1 is 1.38 bits per heavy atom. The van der Waals surface area contributed by atoms with E-state index in [1.165, 1.54) is 5.56 Å². The standard InChI is InChI=1S/C7H8.C5H10O4/c1-7-5-3-2-4-6-7;1-2-9-5(8)4(7)3-6/h2-6H,1H3;4,6-7H,2-3H2,1H3. The number of carbonyl (C=O) groups is 1. The number of aryl methyl sites for hydroxylation is 1. The van der Waals surface area contributed by atoms with Crippen LogP contribution >= 0.6 is 0 Å². The highest BCUT2D eigenvalue weighted by Gasteiger charge is 2.13. The summed E-state index contributed by atoms with van der Waals surface area (Å²) in [7, 11) is 0. The van der Waals surface area contributed by atoms with E-state index in [9.17, 15) is 4.79 Å². The molecule has 0 amide bonds. The van der Waals surface area contributed by atoms with Gasteiger partial charge in [0, 0.05) is 0 Å².